The molecule has 0 spiro atoms. The number of amidine groups is 2. The van der Waals surface area contributed by atoms with Gasteiger partial charge in [-0.15, -0.1) is 0 Å². The van der Waals surface area contributed by atoms with Gasteiger partial charge in [0.2, 0.25) is 0 Å². The van der Waals surface area contributed by atoms with Gasteiger partial charge in [-0.1, -0.05) is 37.3 Å². The standard InChI is InChI=1S/C26H28N6O4S2/c1-35-19-11-7-17(8-12-19)31-23(37)21(27)29(25(31)33)15-5-3-4-6-16-30-22(28)24(38)32(26(30)34)18-9-13-20(36-2)14-10-18/h7-14,27-28H,3-6,15-16H2,1-2H3. The zero-order valence-corrected chi connectivity index (χ0v) is 22.7. The molecular weight excluding hydrogens is 524 g/mol. The molecule has 12 heteroatoms. The molecule has 0 aromatic heterocycles. The molecule has 0 bridgehead atoms. The minimum Gasteiger partial charge on any atom is -0.497 e. The van der Waals surface area contributed by atoms with Crippen LogP contribution < -0.4 is 19.3 Å². The van der Waals surface area contributed by atoms with E-state index in [9.17, 15) is 9.59 Å². The number of benzene rings is 2. The number of anilines is 2. The minimum atomic E-state index is -0.339. The van der Waals surface area contributed by atoms with E-state index in [0.717, 1.165) is 12.8 Å². The molecule has 38 heavy (non-hydrogen) atoms. The van der Waals surface area contributed by atoms with E-state index >= 15 is 0 Å². The normalized spacial score (nSPS) is 15.8. The molecule has 2 aromatic rings. The molecule has 2 fully saturated rings. The lowest BCUT2D eigenvalue weighted by atomic mass is 10.2. The number of unbranched alkanes of at least 4 members (excludes halogenated alkanes) is 3. The van der Waals surface area contributed by atoms with Crippen LogP contribution in [0.15, 0.2) is 48.5 Å². The number of thiocarbonyl (C=S) groups is 2. The Hall–Kier alpha value is -3.90. The van der Waals surface area contributed by atoms with Crippen molar-refractivity contribution >= 4 is 69.5 Å². The quantitative estimate of drug-likeness (QED) is 0.298. The molecule has 4 rings (SSSR count). The van der Waals surface area contributed by atoms with Gasteiger partial charge < -0.3 is 9.47 Å². The highest BCUT2D eigenvalue weighted by atomic mass is 32.1. The van der Waals surface area contributed by atoms with Crippen molar-refractivity contribution in [2.75, 3.05) is 37.1 Å². The number of carbonyl (C=O) groups is 2. The highest BCUT2D eigenvalue weighted by molar-refractivity contribution is 7.82. The summed E-state index contributed by atoms with van der Waals surface area (Å²) in [5.74, 6) is 1.37. The number of nitrogens with one attached hydrogen (secondary N) is 2. The minimum absolute atomic E-state index is 0.0177. The number of amides is 4. The second-order valence-electron chi connectivity index (χ2n) is 8.66. The van der Waals surface area contributed by atoms with Crippen molar-refractivity contribution in [2.24, 2.45) is 0 Å². The van der Waals surface area contributed by atoms with E-state index in [4.69, 9.17) is 44.7 Å². The van der Waals surface area contributed by atoms with Gasteiger partial charge in [-0.25, -0.2) is 19.4 Å². The highest BCUT2D eigenvalue weighted by Gasteiger charge is 2.40. The van der Waals surface area contributed by atoms with Gasteiger partial charge >= 0.3 is 12.1 Å². The third kappa shape index (κ3) is 5.22. The van der Waals surface area contributed by atoms with Crippen LogP contribution in [0, 0.1) is 10.8 Å². The maximum absolute atomic E-state index is 13.0. The van der Waals surface area contributed by atoms with Crippen LogP contribution in [0.4, 0.5) is 21.0 Å². The Bertz CT molecular complexity index is 1180. The fourth-order valence-corrected chi connectivity index (χ4v) is 4.86. The lowest BCUT2D eigenvalue weighted by Crippen LogP contribution is -2.34. The van der Waals surface area contributed by atoms with Gasteiger partial charge in [-0.2, -0.15) is 0 Å². The molecule has 198 valence electrons. The largest absolute Gasteiger partial charge is 0.497 e. The molecular formula is C26H28N6O4S2. The van der Waals surface area contributed by atoms with Crippen LogP contribution in [0.2, 0.25) is 0 Å². The van der Waals surface area contributed by atoms with Crippen LogP contribution in [-0.4, -0.2) is 70.8 Å². The number of carbonyl (C=O) groups excluding carboxylic acids is 2. The summed E-state index contributed by atoms with van der Waals surface area (Å²) in [5.41, 5.74) is 1.18. The molecule has 2 aliphatic rings. The maximum Gasteiger partial charge on any atom is 0.335 e. The lowest BCUT2D eigenvalue weighted by Gasteiger charge is -2.18. The highest BCUT2D eigenvalue weighted by Crippen LogP contribution is 2.27. The van der Waals surface area contributed by atoms with Crippen molar-refractivity contribution < 1.29 is 19.1 Å². The molecule has 2 aromatic carbocycles. The molecule has 2 heterocycles. The van der Waals surface area contributed by atoms with Crippen LogP contribution in [0.3, 0.4) is 0 Å². The number of urea groups is 2. The molecule has 0 radical (unpaired) electrons. The maximum atomic E-state index is 13.0. The van der Waals surface area contributed by atoms with Gasteiger partial charge in [0.15, 0.2) is 21.6 Å². The first-order chi connectivity index (χ1) is 18.3. The first kappa shape index (κ1) is 27.1. The van der Waals surface area contributed by atoms with E-state index < -0.39 is 0 Å². The van der Waals surface area contributed by atoms with E-state index in [1.165, 1.54) is 19.6 Å². The van der Waals surface area contributed by atoms with Crippen LogP contribution in [-0.2, 0) is 0 Å². The van der Waals surface area contributed by atoms with Gasteiger partial charge in [0.1, 0.15) is 11.5 Å². The zero-order chi connectivity index (χ0) is 27.4. The molecule has 10 nitrogen and oxygen atoms in total. The van der Waals surface area contributed by atoms with Crippen LogP contribution in [0.5, 0.6) is 11.5 Å². The van der Waals surface area contributed by atoms with Gasteiger partial charge in [-0.3, -0.25) is 20.6 Å². The fraction of sp³-hybridized carbons (Fsp3) is 0.308. The second kappa shape index (κ2) is 11.7. The predicted molar refractivity (Wildman–Crippen MR) is 154 cm³/mol. The van der Waals surface area contributed by atoms with Crippen molar-refractivity contribution in [3.8, 4) is 11.5 Å². The van der Waals surface area contributed by atoms with E-state index in [1.54, 1.807) is 62.8 Å². The molecule has 2 N–H and O–H groups in total. The summed E-state index contributed by atoms with van der Waals surface area (Å²) >= 11 is 10.7. The smallest absolute Gasteiger partial charge is 0.335 e. The van der Waals surface area contributed by atoms with Crippen molar-refractivity contribution in [1.29, 1.82) is 10.8 Å². The Kier molecular flexibility index (Phi) is 8.32. The van der Waals surface area contributed by atoms with E-state index in [2.05, 4.69) is 0 Å². The summed E-state index contributed by atoms with van der Waals surface area (Å²) in [6.45, 7) is 0.747. The Morgan fingerprint density at radius 3 is 1.29 bits per heavy atom. The molecule has 0 aliphatic carbocycles. The average Bonchev–Trinajstić information content (AvgIpc) is 3.28. The number of hydrogen-bond acceptors (Lipinski definition) is 8. The monoisotopic (exact) mass is 552 g/mol. The van der Waals surface area contributed by atoms with Crippen molar-refractivity contribution in [2.45, 2.75) is 25.7 Å². The summed E-state index contributed by atoms with van der Waals surface area (Å²) in [6, 6.07) is 13.2. The molecule has 0 unspecified atom stereocenters. The Labute approximate surface area is 231 Å². The molecule has 0 saturated carbocycles. The van der Waals surface area contributed by atoms with Crippen molar-refractivity contribution in [3.63, 3.8) is 0 Å². The summed E-state index contributed by atoms with van der Waals surface area (Å²) in [4.78, 5) is 31.8. The van der Waals surface area contributed by atoms with E-state index in [1.807, 2.05) is 0 Å². The fourth-order valence-electron chi connectivity index (χ4n) is 4.28. The van der Waals surface area contributed by atoms with E-state index in [-0.39, 0.29) is 33.7 Å². The van der Waals surface area contributed by atoms with Crippen LogP contribution in [0.25, 0.3) is 0 Å². The number of hydrogen-bond donors (Lipinski definition) is 2. The number of rotatable bonds is 11. The number of nitrogens with zero attached hydrogens (tertiary/aromatic N) is 4. The number of methoxy groups -OCH3 is 2. The van der Waals surface area contributed by atoms with Gasteiger partial charge in [-0.05, 0) is 61.4 Å². The second-order valence-corrected chi connectivity index (χ2v) is 9.43. The predicted octanol–water partition coefficient (Wildman–Crippen LogP) is 5.06. The summed E-state index contributed by atoms with van der Waals surface area (Å²) in [7, 11) is 3.13. The number of ether oxygens (including phenoxy) is 2. The zero-order valence-electron chi connectivity index (χ0n) is 21.1. The Morgan fingerprint density at radius 2 is 0.974 bits per heavy atom. The van der Waals surface area contributed by atoms with Crippen LogP contribution >= 0.6 is 24.4 Å². The van der Waals surface area contributed by atoms with Gasteiger partial charge in [0.25, 0.3) is 0 Å². The molecule has 0 atom stereocenters. The first-order valence-corrected chi connectivity index (χ1v) is 12.9. The average molecular weight is 553 g/mol. The lowest BCUT2D eigenvalue weighted by molar-refractivity contribution is 0.230. The summed E-state index contributed by atoms with van der Waals surface area (Å²) < 4.78 is 10.3. The van der Waals surface area contributed by atoms with Crippen molar-refractivity contribution in [1.82, 2.24) is 9.80 Å². The third-order valence-electron chi connectivity index (χ3n) is 6.37. The molecule has 2 aliphatic heterocycles. The third-order valence-corrected chi connectivity index (χ3v) is 7.12. The summed E-state index contributed by atoms with van der Waals surface area (Å²) in [5, 5.41) is 16.6. The van der Waals surface area contributed by atoms with Gasteiger partial charge in [0, 0.05) is 13.1 Å². The Morgan fingerprint density at radius 1 is 0.632 bits per heavy atom. The van der Waals surface area contributed by atoms with Crippen molar-refractivity contribution in [3.05, 3.63) is 48.5 Å². The molecule has 4 amide bonds. The topological polar surface area (TPSA) is 113 Å². The summed E-state index contributed by atoms with van der Waals surface area (Å²) in [6.07, 6.45) is 2.92. The Balaban J connectivity index is 1.25. The van der Waals surface area contributed by atoms with E-state index in [0.29, 0.717) is 48.8 Å². The molecule has 2 saturated heterocycles. The SMILES string of the molecule is COc1ccc(N2C(=O)N(CCCCCCN3C(=N)C(=S)N(c4ccc(OC)cc4)C3=O)C(=N)C2=S)cc1. The van der Waals surface area contributed by atoms with Gasteiger partial charge in [0.05, 0.1) is 25.6 Å². The van der Waals surface area contributed by atoms with Crippen LogP contribution in [0.1, 0.15) is 25.7 Å². The first-order valence-electron chi connectivity index (χ1n) is 12.1.